The van der Waals surface area contributed by atoms with Gasteiger partial charge in [-0.2, -0.15) is 0 Å². The van der Waals surface area contributed by atoms with Crippen molar-refractivity contribution in [1.82, 2.24) is 5.32 Å². The lowest BCUT2D eigenvalue weighted by atomic mass is 9.73. The molecule has 1 aromatic carbocycles. The Morgan fingerprint density at radius 1 is 0.895 bits per heavy atom. The number of benzene rings is 1. The van der Waals surface area contributed by atoms with Crippen molar-refractivity contribution in [1.29, 1.82) is 0 Å². The van der Waals surface area contributed by atoms with Crippen LogP contribution in [-0.2, 0) is 5.41 Å². The minimum atomic E-state index is 0.182. The number of rotatable bonds is 7. The van der Waals surface area contributed by atoms with Crippen LogP contribution in [0.3, 0.4) is 0 Å². The molecule has 0 heterocycles. The summed E-state index contributed by atoms with van der Waals surface area (Å²) in [5, 5.41) is 3.73. The highest BCUT2D eigenvalue weighted by Gasteiger charge is 2.31. The molecule has 0 bridgehead atoms. The number of hydrogen-bond donors (Lipinski definition) is 1. The summed E-state index contributed by atoms with van der Waals surface area (Å²) >= 11 is 0. The van der Waals surface area contributed by atoms with Crippen LogP contribution in [0, 0.1) is 0 Å². The molecule has 0 amide bonds. The van der Waals surface area contributed by atoms with Gasteiger partial charge in [0.15, 0.2) is 0 Å². The monoisotopic (exact) mass is 261 g/mol. The van der Waals surface area contributed by atoms with E-state index in [0.717, 1.165) is 6.54 Å². The van der Waals surface area contributed by atoms with Gasteiger partial charge >= 0.3 is 0 Å². The maximum atomic E-state index is 3.73. The average Bonchev–Trinajstić information content (AvgIpc) is 2.37. The number of hydrogen-bond acceptors (Lipinski definition) is 1. The fourth-order valence-electron chi connectivity index (χ4n) is 2.88. The molecule has 0 aliphatic rings. The molecule has 0 saturated heterocycles. The zero-order chi connectivity index (χ0) is 14.4. The molecule has 1 heteroatoms. The molecule has 0 radical (unpaired) electrons. The average molecular weight is 261 g/mol. The largest absolute Gasteiger partial charge is 0.311 e. The van der Waals surface area contributed by atoms with E-state index in [4.69, 9.17) is 0 Å². The maximum Gasteiger partial charge on any atom is 0.00968 e. The molecule has 0 unspecified atom stereocenters. The molecule has 0 aliphatic carbocycles. The third kappa shape index (κ3) is 4.99. The summed E-state index contributed by atoms with van der Waals surface area (Å²) in [4.78, 5) is 0. The van der Waals surface area contributed by atoms with Crippen molar-refractivity contribution in [2.45, 2.75) is 71.3 Å². The molecule has 19 heavy (non-hydrogen) atoms. The van der Waals surface area contributed by atoms with Crippen molar-refractivity contribution in [2.75, 3.05) is 6.54 Å². The Hall–Kier alpha value is -0.820. The first-order chi connectivity index (χ1) is 8.93. The normalized spacial score (nSPS) is 12.7. The predicted octanol–water partition coefficient (Wildman–Crippen LogP) is 4.91. The second-order valence-corrected chi connectivity index (χ2v) is 6.75. The molecule has 108 valence electrons. The summed E-state index contributed by atoms with van der Waals surface area (Å²) in [6, 6.07) is 11.1. The third-order valence-corrected chi connectivity index (χ3v) is 3.80. The van der Waals surface area contributed by atoms with Crippen LogP contribution in [0.4, 0.5) is 0 Å². The molecule has 0 aromatic heterocycles. The Balaban J connectivity index is 3.00. The van der Waals surface area contributed by atoms with E-state index in [1.54, 1.807) is 0 Å². The SMILES string of the molecule is CCCC(CCC)(CNC(C)(C)C)c1ccccc1. The lowest BCUT2D eigenvalue weighted by Gasteiger charge is -2.37. The Morgan fingerprint density at radius 3 is 1.84 bits per heavy atom. The fourth-order valence-corrected chi connectivity index (χ4v) is 2.88. The van der Waals surface area contributed by atoms with Crippen molar-refractivity contribution >= 4 is 0 Å². The molecule has 1 N–H and O–H groups in total. The first-order valence-electron chi connectivity index (χ1n) is 7.74. The Kier molecular flexibility index (Phi) is 6.06. The van der Waals surface area contributed by atoms with E-state index < -0.39 is 0 Å². The van der Waals surface area contributed by atoms with Crippen LogP contribution in [0.1, 0.15) is 65.9 Å². The van der Waals surface area contributed by atoms with Gasteiger partial charge in [-0.05, 0) is 39.2 Å². The molecule has 0 saturated carbocycles. The Bertz CT molecular complexity index is 342. The lowest BCUT2D eigenvalue weighted by molar-refractivity contribution is 0.292. The van der Waals surface area contributed by atoms with Crippen LogP contribution in [-0.4, -0.2) is 12.1 Å². The fraction of sp³-hybridized carbons (Fsp3) is 0.667. The van der Waals surface area contributed by atoms with Gasteiger partial charge in [0.2, 0.25) is 0 Å². The second-order valence-electron chi connectivity index (χ2n) is 6.75. The molecular weight excluding hydrogens is 230 g/mol. The minimum absolute atomic E-state index is 0.182. The van der Waals surface area contributed by atoms with Gasteiger partial charge in [0.05, 0.1) is 0 Å². The lowest BCUT2D eigenvalue weighted by Crippen LogP contribution is -2.46. The maximum absolute atomic E-state index is 3.73. The highest BCUT2D eigenvalue weighted by molar-refractivity contribution is 5.26. The molecule has 1 aromatic rings. The van der Waals surface area contributed by atoms with Gasteiger partial charge in [-0.25, -0.2) is 0 Å². The van der Waals surface area contributed by atoms with Crippen molar-refractivity contribution in [2.24, 2.45) is 0 Å². The van der Waals surface area contributed by atoms with Crippen molar-refractivity contribution in [3.05, 3.63) is 35.9 Å². The summed E-state index contributed by atoms with van der Waals surface area (Å²) in [7, 11) is 0. The van der Waals surface area contributed by atoms with Crippen LogP contribution in [0.5, 0.6) is 0 Å². The minimum Gasteiger partial charge on any atom is -0.311 e. The van der Waals surface area contributed by atoms with Crippen LogP contribution in [0.25, 0.3) is 0 Å². The van der Waals surface area contributed by atoms with E-state index in [-0.39, 0.29) is 11.0 Å². The van der Waals surface area contributed by atoms with E-state index in [0.29, 0.717) is 0 Å². The Labute approximate surface area is 119 Å². The first kappa shape index (κ1) is 16.2. The van der Waals surface area contributed by atoms with Gasteiger partial charge in [-0.15, -0.1) is 0 Å². The molecule has 0 spiro atoms. The predicted molar refractivity (Wildman–Crippen MR) is 85.7 cm³/mol. The smallest absolute Gasteiger partial charge is 0.00968 e. The van der Waals surface area contributed by atoms with Crippen LogP contribution < -0.4 is 5.32 Å². The quantitative estimate of drug-likeness (QED) is 0.735. The van der Waals surface area contributed by atoms with E-state index in [1.807, 2.05) is 0 Å². The first-order valence-corrected chi connectivity index (χ1v) is 7.74. The van der Waals surface area contributed by atoms with Gasteiger partial charge in [-0.1, -0.05) is 57.0 Å². The molecular formula is C18H31N. The van der Waals surface area contributed by atoms with E-state index in [9.17, 15) is 0 Å². The van der Waals surface area contributed by atoms with E-state index >= 15 is 0 Å². The van der Waals surface area contributed by atoms with E-state index in [2.05, 4.69) is 70.3 Å². The van der Waals surface area contributed by atoms with E-state index in [1.165, 1.54) is 31.2 Å². The molecule has 0 fully saturated rings. The van der Waals surface area contributed by atoms with Gasteiger partial charge in [0, 0.05) is 17.5 Å². The molecule has 0 aliphatic heterocycles. The second kappa shape index (κ2) is 7.09. The summed E-state index contributed by atoms with van der Waals surface area (Å²) in [6.45, 7) is 12.4. The van der Waals surface area contributed by atoms with Gasteiger partial charge < -0.3 is 5.32 Å². The van der Waals surface area contributed by atoms with Crippen LogP contribution in [0.2, 0.25) is 0 Å². The van der Waals surface area contributed by atoms with Gasteiger partial charge in [0.25, 0.3) is 0 Å². The standard InChI is InChI=1S/C18H31N/c1-6-13-18(14-7-2,15-19-17(3,4)5)16-11-9-8-10-12-16/h8-12,19H,6-7,13-15H2,1-5H3. The van der Waals surface area contributed by atoms with Crippen LogP contribution in [0.15, 0.2) is 30.3 Å². The molecule has 1 nitrogen and oxygen atoms in total. The summed E-state index contributed by atoms with van der Waals surface area (Å²) in [6.07, 6.45) is 4.99. The highest BCUT2D eigenvalue weighted by atomic mass is 15.0. The zero-order valence-electron chi connectivity index (χ0n) is 13.4. The van der Waals surface area contributed by atoms with Crippen molar-refractivity contribution in [3.8, 4) is 0 Å². The van der Waals surface area contributed by atoms with Crippen LogP contribution >= 0.6 is 0 Å². The summed E-state index contributed by atoms with van der Waals surface area (Å²) in [5.41, 5.74) is 1.97. The van der Waals surface area contributed by atoms with Crippen molar-refractivity contribution in [3.63, 3.8) is 0 Å². The van der Waals surface area contributed by atoms with Gasteiger partial charge in [0.1, 0.15) is 0 Å². The third-order valence-electron chi connectivity index (χ3n) is 3.80. The Morgan fingerprint density at radius 2 is 1.42 bits per heavy atom. The number of nitrogens with one attached hydrogen (secondary N) is 1. The summed E-state index contributed by atoms with van der Waals surface area (Å²) < 4.78 is 0. The molecule has 1 rings (SSSR count). The zero-order valence-corrected chi connectivity index (χ0v) is 13.4. The highest BCUT2D eigenvalue weighted by Crippen LogP contribution is 2.34. The topological polar surface area (TPSA) is 12.0 Å². The van der Waals surface area contributed by atoms with Gasteiger partial charge in [-0.3, -0.25) is 0 Å². The molecule has 0 atom stereocenters. The van der Waals surface area contributed by atoms with Crippen molar-refractivity contribution < 1.29 is 0 Å². The summed E-state index contributed by atoms with van der Waals surface area (Å²) in [5.74, 6) is 0.